The number of aromatic nitrogens is 2. The molecule has 0 amide bonds. The monoisotopic (exact) mass is 287 g/mol. The van der Waals surface area contributed by atoms with Crippen molar-refractivity contribution < 1.29 is 18.3 Å². The molecule has 0 saturated heterocycles. The standard InChI is InChI=1S/C9H9N3O4S2/c1-12-4-8(10-5-12)18(15,16)11-7-3-2-6(17-7)9(13)14/h2-5,11H,1H3,(H,13,14). The summed E-state index contributed by atoms with van der Waals surface area (Å²) in [5.41, 5.74) is 0. The summed E-state index contributed by atoms with van der Waals surface area (Å²) in [6, 6.07) is 2.73. The summed E-state index contributed by atoms with van der Waals surface area (Å²) < 4.78 is 27.5. The zero-order valence-corrected chi connectivity index (χ0v) is 10.8. The number of nitrogens with zero attached hydrogens (tertiary/aromatic N) is 2. The predicted octanol–water partition coefficient (Wildman–Crippen LogP) is 0.981. The summed E-state index contributed by atoms with van der Waals surface area (Å²) in [6.45, 7) is 0. The lowest BCUT2D eigenvalue weighted by Crippen LogP contribution is -2.12. The zero-order valence-electron chi connectivity index (χ0n) is 9.19. The number of aryl methyl sites for hydroxylation is 1. The number of hydrogen-bond acceptors (Lipinski definition) is 5. The number of carbonyl (C=O) groups is 1. The quantitative estimate of drug-likeness (QED) is 0.873. The first-order valence-corrected chi connectivity index (χ1v) is 7.02. The maximum atomic E-state index is 11.9. The number of carboxylic acids is 1. The minimum absolute atomic E-state index is 0.0636. The van der Waals surface area contributed by atoms with Crippen molar-refractivity contribution in [3.63, 3.8) is 0 Å². The van der Waals surface area contributed by atoms with Gasteiger partial charge in [0, 0.05) is 13.2 Å². The van der Waals surface area contributed by atoms with Gasteiger partial charge < -0.3 is 9.67 Å². The smallest absolute Gasteiger partial charge is 0.345 e. The van der Waals surface area contributed by atoms with E-state index in [0.29, 0.717) is 0 Å². The minimum atomic E-state index is -3.77. The van der Waals surface area contributed by atoms with Crippen molar-refractivity contribution in [3.8, 4) is 0 Å². The molecule has 0 atom stereocenters. The fraction of sp³-hybridized carbons (Fsp3) is 0.111. The zero-order chi connectivity index (χ0) is 13.3. The second kappa shape index (κ2) is 4.42. The van der Waals surface area contributed by atoms with Gasteiger partial charge in [-0.3, -0.25) is 4.72 Å². The first kappa shape index (κ1) is 12.6. The van der Waals surface area contributed by atoms with Crippen LogP contribution in [0.5, 0.6) is 0 Å². The van der Waals surface area contributed by atoms with Gasteiger partial charge in [0.25, 0.3) is 10.0 Å². The molecule has 2 rings (SSSR count). The fourth-order valence-corrected chi connectivity index (χ4v) is 3.24. The highest BCUT2D eigenvalue weighted by Gasteiger charge is 2.18. The highest BCUT2D eigenvalue weighted by molar-refractivity contribution is 7.92. The Bertz CT molecular complexity index is 686. The average molecular weight is 287 g/mol. The third kappa shape index (κ3) is 2.51. The van der Waals surface area contributed by atoms with Crippen molar-refractivity contribution in [2.24, 2.45) is 7.05 Å². The normalized spacial score (nSPS) is 11.4. The molecule has 0 aliphatic carbocycles. The number of imidazole rings is 1. The lowest BCUT2D eigenvalue weighted by Gasteiger charge is -2.01. The second-order valence-corrected chi connectivity index (χ2v) is 6.16. The van der Waals surface area contributed by atoms with Crippen LogP contribution in [-0.2, 0) is 17.1 Å². The topological polar surface area (TPSA) is 101 Å². The van der Waals surface area contributed by atoms with Gasteiger partial charge in [-0.25, -0.2) is 9.78 Å². The van der Waals surface area contributed by atoms with E-state index in [1.165, 1.54) is 29.2 Å². The Labute approximate surface area is 107 Å². The molecular weight excluding hydrogens is 278 g/mol. The highest BCUT2D eigenvalue weighted by atomic mass is 32.2. The molecule has 0 aromatic carbocycles. The van der Waals surface area contributed by atoms with E-state index in [0.717, 1.165) is 11.3 Å². The third-order valence-electron chi connectivity index (χ3n) is 2.01. The van der Waals surface area contributed by atoms with Gasteiger partial charge in [-0.2, -0.15) is 8.42 Å². The van der Waals surface area contributed by atoms with Gasteiger partial charge >= 0.3 is 5.97 Å². The Morgan fingerprint density at radius 3 is 2.72 bits per heavy atom. The van der Waals surface area contributed by atoms with E-state index in [1.807, 2.05) is 0 Å². The van der Waals surface area contributed by atoms with Gasteiger partial charge in [0.1, 0.15) is 9.88 Å². The molecular formula is C9H9N3O4S2. The molecule has 0 spiro atoms. The van der Waals surface area contributed by atoms with Crippen molar-refractivity contribution in [2.45, 2.75) is 5.03 Å². The lowest BCUT2D eigenvalue weighted by atomic mass is 10.5. The summed E-state index contributed by atoms with van der Waals surface area (Å²) in [7, 11) is -2.12. The molecule has 9 heteroatoms. The molecule has 18 heavy (non-hydrogen) atoms. The van der Waals surface area contributed by atoms with Crippen LogP contribution in [0.2, 0.25) is 0 Å². The van der Waals surface area contributed by atoms with Crippen LogP contribution < -0.4 is 4.72 Å². The molecule has 2 aromatic rings. The first-order valence-electron chi connectivity index (χ1n) is 4.72. The molecule has 2 N–H and O–H groups in total. The van der Waals surface area contributed by atoms with Crippen molar-refractivity contribution in [2.75, 3.05) is 4.72 Å². The number of carboxylic acid groups (broad SMARTS) is 1. The average Bonchev–Trinajstić information content (AvgIpc) is 2.86. The van der Waals surface area contributed by atoms with E-state index in [9.17, 15) is 13.2 Å². The number of anilines is 1. The van der Waals surface area contributed by atoms with Crippen LogP contribution in [0.15, 0.2) is 29.7 Å². The van der Waals surface area contributed by atoms with Crippen molar-refractivity contribution >= 4 is 32.3 Å². The molecule has 0 radical (unpaired) electrons. The van der Waals surface area contributed by atoms with Crippen molar-refractivity contribution in [1.82, 2.24) is 9.55 Å². The molecule has 2 aromatic heterocycles. The van der Waals surface area contributed by atoms with E-state index in [4.69, 9.17) is 5.11 Å². The Morgan fingerprint density at radius 2 is 2.22 bits per heavy atom. The number of sulfonamides is 1. The molecule has 0 unspecified atom stereocenters. The van der Waals surface area contributed by atoms with Gasteiger partial charge in [-0.05, 0) is 12.1 Å². The largest absolute Gasteiger partial charge is 0.477 e. The van der Waals surface area contributed by atoms with Gasteiger partial charge in [-0.15, -0.1) is 11.3 Å². The molecule has 0 aliphatic heterocycles. The Morgan fingerprint density at radius 1 is 1.50 bits per heavy atom. The molecule has 7 nitrogen and oxygen atoms in total. The van der Waals surface area contributed by atoms with Crippen LogP contribution in [-0.4, -0.2) is 29.0 Å². The molecule has 96 valence electrons. The van der Waals surface area contributed by atoms with E-state index < -0.39 is 16.0 Å². The minimum Gasteiger partial charge on any atom is -0.477 e. The maximum Gasteiger partial charge on any atom is 0.345 e. The number of hydrogen-bond donors (Lipinski definition) is 2. The van der Waals surface area contributed by atoms with E-state index >= 15 is 0 Å². The lowest BCUT2D eigenvalue weighted by molar-refractivity contribution is 0.0702. The van der Waals surface area contributed by atoms with E-state index in [2.05, 4.69) is 9.71 Å². The van der Waals surface area contributed by atoms with Gasteiger partial charge in [0.15, 0.2) is 5.03 Å². The van der Waals surface area contributed by atoms with Crippen LogP contribution in [0, 0.1) is 0 Å². The van der Waals surface area contributed by atoms with Crippen LogP contribution in [0.25, 0.3) is 0 Å². The molecule has 0 fully saturated rings. The summed E-state index contributed by atoms with van der Waals surface area (Å²) in [5, 5.41) is 8.85. The maximum absolute atomic E-state index is 11.9. The van der Waals surface area contributed by atoms with Crippen molar-refractivity contribution in [1.29, 1.82) is 0 Å². The Hall–Kier alpha value is -1.87. The fourth-order valence-electron chi connectivity index (χ4n) is 1.22. The van der Waals surface area contributed by atoms with Crippen LogP contribution in [0.3, 0.4) is 0 Å². The van der Waals surface area contributed by atoms with E-state index in [1.54, 1.807) is 7.05 Å². The SMILES string of the molecule is Cn1cnc(S(=O)(=O)Nc2ccc(C(=O)O)s2)c1. The Kier molecular flexibility index (Phi) is 3.09. The van der Waals surface area contributed by atoms with Gasteiger partial charge in [0.2, 0.25) is 0 Å². The number of aromatic carboxylic acids is 1. The molecule has 0 aliphatic rings. The molecule has 0 saturated carbocycles. The van der Waals surface area contributed by atoms with Gasteiger partial charge in [0.05, 0.1) is 6.33 Å². The summed E-state index contributed by atoms with van der Waals surface area (Å²) in [4.78, 5) is 14.5. The molecule has 2 heterocycles. The van der Waals surface area contributed by atoms with Crippen LogP contribution in [0.1, 0.15) is 9.67 Å². The van der Waals surface area contributed by atoms with Crippen LogP contribution >= 0.6 is 11.3 Å². The number of rotatable bonds is 4. The van der Waals surface area contributed by atoms with E-state index in [-0.39, 0.29) is 14.9 Å². The highest BCUT2D eigenvalue weighted by Crippen LogP contribution is 2.24. The number of thiophene rings is 1. The molecule has 0 bridgehead atoms. The number of nitrogens with one attached hydrogen (secondary N) is 1. The Balaban J connectivity index is 2.25. The second-order valence-electron chi connectivity index (χ2n) is 3.45. The summed E-state index contributed by atoms with van der Waals surface area (Å²) in [5.74, 6) is -1.09. The summed E-state index contributed by atoms with van der Waals surface area (Å²) >= 11 is 0.845. The predicted molar refractivity (Wildman–Crippen MR) is 65.3 cm³/mol. The van der Waals surface area contributed by atoms with Crippen molar-refractivity contribution in [3.05, 3.63) is 29.5 Å². The van der Waals surface area contributed by atoms with Crippen LogP contribution in [0.4, 0.5) is 5.00 Å². The third-order valence-corrected chi connectivity index (χ3v) is 4.38. The summed E-state index contributed by atoms with van der Waals surface area (Å²) in [6.07, 6.45) is 2.72. The first-order chi connectivity index (χ1) is 8.38. The van der Waals surface area contributed by atoms with Gasteiger partial charge in [-0.1, -0.05) is 0 Å².